The van der Waals surface area contributed by atoms with E-state index >= 15 is 0 Å². The van der Waals surface area contributed by atoms with E-state index in [4.69, 9.17) is 4.74 Å². The number of carbonyl (C=O) groups is 4. The number of methoxy groups -OCH3 is 4. The Balaban J connectivity index is 0.000000257. The SMILES string of the molecule is COC(=O)C#CC(=O)OC.COC(=O)C1=C(C(=O)OC)[C@H]2C=C[C@@H]1O2.c1ccoc1. The average molecular weight is 420 g/mol. The lowest BCUT2D eigenvalue weighted by Crippen LogP contribution is -2.20. The quantitative estimate of drug-likeness (QED) is 0.220. The van der Waals surface area contributed by atoms with Gasteiger partial charge in [0.05, 0.1) is 52.1 Å². The van der Waals surface area contributed by atoms with Crippen LogP contribution in [0.15, 0.2) is 52.4 Å². The highest BCUT2D eigenvalue weighted by Gasteiger charge is 2.43. The highest BCUT2D eigenvalue weighted by atomic mass is 16.5. The first-order valence-electron chi connectivity index (χ1n) is 8.29. The van der Waals surface area contributed by atoms with Crippen molar-refractivity contribution in [3.63, 3.8) is 0 Å². The molecule has 30 heavy (non-hydrogen) atoms. The normalized spacial score (nSPS) is 17.2. The lowest BCUT2D eigenvalue weighted by atomic mass is 9.97. The van der Waals surface area contributed by atoms with E-state index in [1.54, 1.807) is 24.7 Å². The van der Waals surface area contributed by atoms with Crippen LogP contribution in [0.1, 0.15) is 0 Å². The van der Waals surface area contributed by atoms with Gasteiger partial charge < -0.3 is 28.1 Å². The third-order valence-electron chi connectivity index (χ3n) is 3.49. The van der Waals surface area contributed by atoms with Gasteiger partial charge in [-0.3, -0.25) is 0 Å². The predicted molar refractivity (Wildman–Crippen MR) is 99.4 cm³/mol. The fourth-order valence-corrected chi connectivity index (χ4v) is 2.19. The first-order chi connectivity index (χ1) is 14.4. The van der Waals surface area contributed by atoms with Gasteiger partial charge in [-0.1, -0.05) is 12.2 Å². The molecular formula is C20H20O10. The van der Waals surface area contributed by atoms with Crippen molar-refractivity contribution in [1.29, 1.82) is 0 Å². The number of hydrogen-bond acceptors (Lipinski definition) is 10. The van der Waals surface area contributed by atoms with Gasteiger partial charge in [-0.15, -0.1) is 0 Å². The molecule has 2 aliphatic rings. The van der Waals surface area contributed by atoms with Gasteiger partial charge >= 0.3 is 23.9 Å². The monoisotopic (exact) mass is 420 g/mol. The molecule has 0 unspecified atom stereocenters. The van der Waals surface area contributed by atoms with Crippen LogP contribution in [-0.4, -0.2) is 64.5 Å². The van der Waals surface area contributed by atoms with Crippen molar-refractivity contribution in [1.82, 2.24) is 0 Å². The number of fused-ring (bicyclic) bond motifs is 2. The molecule has 10 heteroatoms. The summed E-state index contributed by atoms with van der Waals surface area (Å²) in [7, 11) is 4.88. The van der Waals surface area contributed by atoms with E-state index in [-0.39, 0.29) is 11.1 Å². The lowest BCUT2D eigenvalue weighted by Gasteiger charge is -2.09. The lowest BCUT2D eigenvalue weighted by molar-refractivity contribution is -0.139. The summed E-state index contributed by atoms with van der Waals surface area (Å²) in [6.45, 7) is 0. The Morgan fingerprint density at radius 1 is 0.733 bits per heavy atom. The molecule has 1 aromatic heterocycles. The van der Waals surface area contributed by atoms with Gasteiger partial charge in [-0.2, -0.15) is 0 Å². The molecule has 0 spiro atoms. The van der Waals surface area contributed by atoms with Crippen LogP contribution in [0.4, 0.5) is 0 Å². The minimum Gasteiger partial charge on any atom is -0.473 e. The Morgan fingerprint density at radius 2 is 1.13 bits per heavy atom. The Labute approximate surface area is 172 Å². The molecule has 3 heterocycles. The second kappa shape index (κ2) is 12.6. The largest absolute Gasteiger partial charge is 0.473 e. The van der Waals surface area contributed by atoms with Crippen LogP contribution in [0, 0.1) is 11.8 Å². The van der Waals surface area contributed by atoms with Gasteiger partial charge in [0.25, 0.3) is 0 Å². The molecule has 0 aliphatic carbocycles. The first kappa shape index (κ1) is 24.2. The van der Waals surface area contributed by atoms with Crippen molar-refractivity contribution < 1.29 is 47.3 Å². The molecule has 0 saturated carbocycles. The number of ether oxygens (including phenoxy) is 5. The van der Waals surface area contributed by atoms with E-state index in [1.807, 2.05) is 24.0 Å². The number of rotatable bonds is 2. The number of esters is 4. The van der Waals surface area contributed by atoms with E-state index in [0.717, 1.165) is 0 Å². The number of hydrogen-bond donors (Lipinski definition) is 0. The first-order valence-corrected chi connectivity index (χ1v) is 8.29. The fraction of sp³-hybridized carbons (Fsp3) is 0.300. The van der Waals surface area contributed by atoms with Crippen LogP contribution in [-0.2, 0) is 42.9 Å². The van der Waals surface area contributed by atoms with E-state index < -0.39 is 36.1 Å². The molecule has 1 aromatic rings. The van der Waals surface area contributed by atoms with Gasteiger partial charge in [-0.05, 0) is 12.1 Å². The van der Waals surface area contributed by atoms with Gasteiger partial charge in [0.2, 0.25) is 0 Å². The Kier molecular flexibility index (Phi) is 10.2. The molecule has 0 N–H and O–H groups in total. The van der Waals surface area contributed by atoms with E-state index in [1.165, 1.54) is 28.4 Å². The minimum absolute atomic E-state index is 0.247. The van der Waals surface area contributed by atoms with E-state index in [0.29, 0.717) is 0 Å². The predicted octanol–water partition coefficient (Wildman–Crippen LogP) is 0.582. The summed E-state index contributed by atoms with van der Waals surface area (Å²) in [4.78, 5) is 43.3. The fourth-order valence-electron chi connectivity index (χ4n) is 2.19. The highest BCUT2D eigenvalue weighted by molar-refractivity contribution is 6.04. The average Bonchev–Trinajstić information content (AvgIpc) is 3.55. The van der Waals surface area contributed by atoms with Crippen molar-refractivity contribution in [2.24, 2.45) is 0 Å². The van der Waals surface area contributed by atoms with Gasteiger partial charge in [0, 0.05) is 11.8 Å². The molecule has 160 valence electrons. The molecule has 3 rings (SSSR count). The standard InChI is InChI=1S/C10H10O5.C6H6O4.C4H4O/c1-13-9(11)7-5-3-4-6(15-5)8(7)10(12)14-2;1-9-5(7)3-4-6(8)10-2;1-2-4-5-3-1/h3-6H,1-2H3;1-2H3;1-4H/t5-,6+;;. The third-order valence-corrected chi connectivity index (χ3v) is 3.49. The minimum atomic E-state index is -0.759. The third kappa shape index (κ3) is 6.96. The van der Waals surface area contributed by atoms with Gasteiger partial charge in [0.1, 0.15) is 12.2 Å². The molecule has 0 amide bonds. The van der Waals surface area contributed by atoms with Crippen LogP contribution in [0.5, 0.6) is 0 Å². The molecule has 2 bridgehead atoms. The zero-order chi connectivity index (χ0) is 22.5. The molecule has 0 aromatic carbocycles. The summed E-state index contributed by atoms with van der Waals surface area (Å²) < 4.78 is 27.4. The zero-order valence-electron chi connectivity index (χ0n) is 16.7. The second-order valence-electron chi connectivity index (χ2n) is 5.20. The van der Waals surface area contributed by atoms with Gasteiger partial charge in [0.15, 0.2) is 0 Å². The van der Waals surface area contributed by atoms with E-state index in [2.05, 4.69) is 23.4 Å². The molecule has 2 atom stereocenters. The summed E-state index contributed by atoms with van der Waals surface area (Å²) in [6, 6.07) is 3.67. The topological polar surface area (TPSA) is 128 Å². The van der Waals surface area contributed by atoms with Crippen LogP contribution in [0.2, 0.25) is 0 Å². The van der Waals surface area contributed by atoms with Crippen LogP contribution in [0.3, 0.4) is 0 Å². The Hall–Kier alpha value is -3.84. The summed E-state index contributed by atoms with van der Waals surface area (Å²) in [6.07, 6.45) is 5.75. The maximum atomic E-state index is 11.4. The number of carbonyl (C=O) groups excluding carboxylic acids is 4. The smallest absolute Gasteiger partial charge is 0.384 e. The summed E-state index contributed by atoms with van der Waals surface area (Å²) in [5.41, 5.74) is 0.494. The number of furan rings is 1. The molecule has 2 aliphatic heterocycles. The summed E-state index contributed by atoms with van der Waals surface area (Å²) in [5, 5.41) is 0. The van der Waals surface area contributed by atoms with Crippen molar-refractivity contribution >= 4 is 23.9 Å². The molecule has 0 saturated heterocycles. The van der Waals surface area contributed by atoms with Crippen LogP contribution < -0.4 is 0 Å². The summed E-state index contributed by atoms with van der Waals surface area (Å²) in [5.74, 6) is 1.18. The van der Waals surface area contributed by atoms with Gasteiger partial charge in [-0.25, -0.2) is 19.2 Å². The molecule has 10 nitrogen and oxygen atoms in total. The second-order valence-corrected chi connectivity index (χ2v) is 5.20. The van der Waals surface area contributed by atoms with Crippen molar-refractivity contribution in [3.8, 4) is 11.8 Å². The van der Waals surface area contributed by atoms with Crippen molar-refractivity contribution in [2.75, 3.05) is 28.4 Å². The maximum absolute atomic E-state index is 11.4. The Bertz CT molecular complexity index is 796. The van der Waals surface area contributed by atoms with Crippen LogP contribution in [0.25, 0.3) is 0 Å². The Morgan fingerprint density at radius 3 is 1.40 bits per heavy atom. The molecule has 0 radical (unpaired) electrons. The molecule has 0 fully saturated rings. The molecular weight excluding hydrogens is 400 g/mol. The van der Waals surface area contributed by atoms with Crippen molar-refractivity contribution in [2.45, 2.75) is 12.2 Å². The van der Waals surface area contributed by atoms with Crippen molar-refractivity contribution in [3.05, 3.63) is 48.0 Å². The van der Waals surface area contributed by atoms with Crippen LogP contribution >= 0.6 is 0 Å². The zero-order valence-corrected chi connectivity index (χ0v) is 16.7. The highest BCUT2D eigenvalue weighted by Crippen LogP contribution is 2.35. The van der Waals surface area contributed by atoms with E-state index in [9.17, 15) is 19.2 Å². The maximum Gasteiger partial charge on any atom is 0.384 e. The summed E-state index contributed by atoms with van der Waals surface area (Å²) >= 11 is 0.